The number of nitrogens with zero attached hydrogens (tertiary/aromatic N) is 5. The molecule has 0 spiro atoms. The van der Waals surface area contributed by atoms with Crippen molar-refractivity contribution in [3.63, 3.8) is 0 Å². The van der Waals surface area contributed by atoms with Crippen LogP contribution in [0.4, 0.5) is 0 Å². The second-order valence-corrected chi connectivity index (χ2v) is 9.72. The van der Waals surface area contributed by atoms with Crippen LogP contribution in [-0.4, -0.2) is 57.8 Å². The number of likely N-dealkylation sites (tertiary alicyclic amines) is 1. The van der Waals surface area contributed by atoms with Crippen LogP contribution in [0.3, 0.4) is 0 Å². The highest BCUT2D eigenvalue weighted by atomic mass is 32.2. The molecule has 0 saturated carbocycles. The van der Waals surface area contributed by atoms with E-state index in [0.717, 1.165) is 37.2 Å². The molecule has 1 amide bonds. The van der Waals surface area contributed by atoms with Crippen molar-refractivity contribution in [1.29, 1.82) is 0 Å². The summed E-state index contributed by atoms with van der Waals surface area (Å²) in [5, 5.41) is 8.54. The predicted octanol–water partition coefficient (Wildman–Crippen LogP) is 2.49. The van der Waals surface area contributed by atoms with Gasteiger partial charge in [0.25, 0.3) is 5.91 Å². The largest absolute Gasteiger partial charge is 0.328 e. The Hall–Kier alpha value is -2.78. The van der Waals surface area contributed by atoms with Crippen LogP contribution in [0.5, 0.6) is 0 Å². The lowest BCUT2D eigenvalue weighted by atomic mass is 10.1. The van der Waals surface area contributed by atoms with E-state index in [4.69, 9.17) is 0 Å². The molecule has 3 aromatic rings. The van der Waals surface area contributed by atoms with Crippen molar-refractivity contribution in [2.75, 3.05) is 19.6 Å². The molecular formula is C21H23N5O3S. The quantitative estimate of drug-likeness (QED) is 0.641. The zero-order valence-electron chi connectivity index (χ0n) is 16.5. The first-order valence-electron chi connectivity index (χ1n) is 10.3. The average Bonchev–Trinajstić information content (AvgIpc) is 3.53. The maximum absolute atomic E-state index is 13.2. The summed E-state index contributed by atoms with van der Waals surface area (Å²) in [6.07, 6.45) is 5.40. The highest BCUT2D eigenvalue weighted by Crippen LogP contribution is 2.32. The molecular weight excluding hydrogens is 402 g/mol. The number of hydrogen-bond acceptors (Lipinski definition) is 5. The zero-order valence-corrected chi connectivity index (χ0v) is 17.3. The van der Waals surface area contributed by atoms with Gasteiger partial charge in [0.1, 0.15) is 0 Å². The maximum Gasteiger partial charge on any atom is 0.254 e. The average molecular weight is 426 g/mol. The monoisotopic (exact) mass is 425 g/mol. The Morgan fingerprint density at radius 3 is 2.47 bits per heavy atom. The molecule has 9 heteroatoms. The topological polar surface area (TPSA) is 87.9 Å². The standard InChI is InChI=1S/C21H23N5O3S/c27-21(16-8-10-17(11-9-16)30(28,29)24-12-3-4-13-24)25-15-5-6-18(25)20-23-22-19-7-1-2-14-26(19)20/h1-2,7-11,14,18H,3-6,12-13,15H2. The molecule has 2 aliphatic rings. The number of carbonyl (C=O) groups excluding carboxylic acids is 1. The number of carbonyl (C=O) groups is 1. The predicted molar refractivity (Wildman–Crippen MR) is 110 cm³/mol. The summed E-state index contributed by atoms with van der Waals surface area (Å²) in [4.78, 5) is 15.3. The normalized spacial score (nSPS) is 20.3. The summed E-state index contributed by atoms with van der Waals surface area (Å²) >= 11 is 0. The van der Waals surface area contributed by atoms with Crippen molar-refractivity contribution >= 4 is 21.6 Å². The molecule has 156 valence electrons. The lowest BCUT2D eigenvalue weighted by Crippen LogP contribution is -2.31. The minimum Gasteiger partial charge on any atom is -0.328 e. The zero-order chi connectivity index (χ0) is 20.7. The van der Waals surface area contributed by atoms with Gasteiger partial charge in [-0.15, -0.1) is 10.2 Å². The first-order chi connectivity index (χ1) is 14.6. The molecule has 5 rings (SSSR count). The van der Waals surface area contributed by atoms with Gasteiger partial charge >= 0.3 is 0 Å². The Labute approximate surface area is 175 Å². The third kappa shape index (κ3) is 3.18. The van der Waals surface area contributed by atoms with Gasteiger partial charge in [-0.25, -0.2) is 8.42 Å². The number of benzene rings is 1. The smallest absolute Gasteiger partial charge is 0.254 e. The molecule has 4 heterocycles. The molecule has 2 fully saturated rings. The number of pyridine rings is 1. The SMILES string of the molecule is O=C(c1ccc(S(=O)(=O)N2CCCC2)cc1)N1CCCC1c1nnc2ccccn12. The van der Waals surface area contributed by atoms with E-state index in [9.17, 15) is 13.2 Å². The number of rotatable bonds is 4. The van der Waals surface area contributed by atoms with Gasteiger partial charge in [-0.05, 0) is 62.1 Å². The Morgan fingerprint density at radius 1 is 0.933 bits per heavy atom. The van der Waals surface area contributed by atoms with Crippen molar-refractivity contribution in [3.8, 4) is 0 Å². The first kappa shape index (κ1) is 19.2. The van der Waals surface area contributed by atoms with Gasteiger partial charge in [-0.3, -0.25) is 9.20 Å². The van der Waals surface area contributed by atoms with E-state index >= 15 is 0 Å². The molecule has 8 nitrogen and oxygen atoms in total. The van der Waals surface area contributed by atoms with E-state index in [1.807, 2.05) is 33.7 Å². The summed E-state index contributed by atoms with van der Waals surface area (Å²) in [5.74, 6) is 0.639. The molecule has 1 unspecified atom stereocenters. The van der Waals surface area contributed by atoms with E-state index < -0.39 is 10.0 Å². The Morgan fingerprint density at radius 2 is 1.70 bits per heavy atom. The van der Waals surface area contributed by atoms with E-state index in [1.165, 1.54) is 4.31 Å². The van der Waals surface area contributed by atoms with Crippen LogP contribution >= 0.6 is 0 Å². The molecule has 0 aliphatic carbocycles. The van der Waals surface area contributed by atoms with Gasteiger partial charge in [-0.1, -0.05) is 6.07 Å². The third-order valence-corrected chi connectivity index (χ3v) is 7.87. The summed E-state index contributed by atoms with van der Waals surface area (Å²) in [6, 6.07) is 11.9. The van der Waals surface area contributed by atoms with Gasteiger partial charge in [0.2, 0.25) is 10.0 Å². The van der Waals surface area contributed by atoms with E-state index in [-0.39, 0.29) is 16.8 Å². The molecule has 1 atom stereocenters. The van der Waals surface area contributed by atoms with Crippen molar-refractivity contribution in [2.45, 2.75) is 36.6 Å². The van der Waals surface area contributed by atoms with Gasteiger partial charge in [-0.2, -0.15) is 4.31 Å². The lowest BCUT2D eigenvalue weighted by molar-refractivity contribution is 0.0729. The Balaban J connectivity index is 1.40. The number of sulfonamides is 1. The molecule has 1 aromatic carbocycles. The summed E-state index contributed by atoms with van der Waals surface area (Å²) in [7, 11) is -3.48. The maximum atomic E-state index is 13.2. The van der Waals surface area contributed by atoms with Crippen LogP contribution in [-0.2, 0) is 10.0 Å². The molecule has 2 aromatic heterocycles. The van der Waals surface area contributed by atoms with Crippen molar-refractivity contribution in [1.82, 2.24) is 23.8 Å². The Kier molecular flexibility index (Phi) is 4.79. The molecule has 0 bridgehead atoms. The number of fused-ring (bicyclic) bond motifs is 1. The first-order valence-corrected chi connectivity index (χ1v) is 11.7. The van der Waals surface area contributed by atoms with Crippen LogP contribution in [0.1, 0.15) is 47.9 Å². The van der Waals surface area contributed by atoms with E-state index in [1.54, 1.807) is 24.3 Å². The number of amides is 1. The fraction of sp³-hybridized carbons (Fsp3) is 0.381. The molecule has 2 aliphatic heterocycles. The highest BCUT2D eigenvalue weighted by molar-refractivity contribution is 7.89. The van der Waals surface area contributed by atoms with Gasteiger partial charge < -0.3 is 4.90 Å². The number of aromatic nitrogens is 3. The van der Waals surface area contributed by atoms with Crippen molar-refractivity contribution < 1.29 is 13.2 Å². The molecule has 2 saturated heterocycles. The lowest BCUT2D eigenvalue weighted by Gasteiger charge is -2.24. The van der Waals surface area contributed by atoms with Crippen LogP contribution in [0, 0.1) is 0 Å². The van der Waals surface area contributed by atoms with Crippen LogP contribution in [0.25, 0.3) is 5.65 Å². The summed E-state index contributed by atoms with van der Waals surface area (Å²) < 4.78 is 28.9. The van der Waals surface area contributed by atoms with Crippen LogP contribution in [0.2, 0.25) is 0 Å². The summed E-state index contributed by atoms with van der Waals surface area (Å²) in [6.45, 7) is 1.76. The third-order valence-electron chi connectivity index (χ3n) is 5.96. The minimum absolute atomic E-state index is 0.115. The van der Waals surface area contributed by atoms with Crippen molar-refractivity contribution in [2.24, 2.45) is 0 Å². The molecule has 0 radical (unpaired) electrons. The summed E-state index contributed by atoms with van der Waals surface area (Å²) in [5.41, 5.74) is 1.24. The molecule has 0 N–H and O–H groups in total. The van der Waals surface area contributed by atoms with Crippen LogP contribution < -0.4 is 0 Å². The second-order valence-electron chi connectivity index (χ2n) is 7.78. The fourth-order valence-corrected chi connectivity index (χ4v) is 5.90. The highest BCUT2D eigenvalue weighted by Gasteiger charge is 2.34. The van der Waals surface area contributed by atoms with Gasteiger partial charge in [0.15, 0.2) is 11.5 Å². The molecule has 30 heavy (non-hydrogen) atoms. The number of hydrogen-bond donors (Lipinski definition) is 0. The van der Waals surface area contributed by atoms with E-state index in [2.05, 4.69) is 10.2 Å². The van der Waals surface area contributed by atoms with Gasteiger partial charge in [0, 0.05) is 31.4 Å². The van der Waals surface area contributed by atoms with Gasteiger partial charge in [0.05, 0.1) is 10.9 Å². The van der Waals surface area contributed by atoms with E-state index in [0.29, 0.717) is 25.2 Å². The van der Waals surface area contributed by atoms with Crippen molar-refractivity contribution in [3.05, 3.63) is 60.0 Å². The fourth-order valence-electron chi connectivity index (χ4n) is 4.38. The Bertz CT molecular complexity index is 1180. The second kappa shape index (κ2) is 7.48. The van der Waals surface area contributed by atoms with Crippen LogP contribution in [0.15, 0.2) is 53.6 Å². The minimum atomic E-state index is -3.48.